The smallest absolute Gasteiger partial charge is 0.333 e. The van der Waals surface area contributed by atoms with Crippen molar-refractivity contribution in [3.05, 3.63) is 47.5 Å². The van der Waals surface area contributed by atoms with Gasteiger partial charge in [-0.3, -0.25) is 9.59 Å². The molecular weight excluding hydrogens is 508 g/mol. The zero-order valence-corrected chi connectivity index (χ0v) is 24.1. The molecule has 8 nitrogen and oxygen atoms in total. The normalized spacial score (nSPS) is 36.4. The number of allylic oxidation sites excluding steroid dienone is 2. The van der Waals surface area contributed by atoms with Crippen molar-refractivity contribution < 1.29 is 29.1 Å². The molecule has 216 valence electrons. The minimum absolute atomic E-state index is 0.0704. The number of carbonyl (C=O) groups is 3. The van der Waals surface area contributed by atoms with E-state index in [-0.39, 0.29) is 23.2 Å². The fourth-order valence-corrected chi connectivity index (χ4v) is 8.66. The SMILES string of the molecule is COC(=O)[C@H](NC(=O)CO/N=C1/C=C2CC[C@@H]3[C@H](CC[C@]4(C)[C@H]3CC[C@]4(O)C(C)=O)[C@]2(C)CC1)c1ccccc1. The Labute approximate surface area is 236 Å². The minimum atomic E-state index is -1.19. The summed E-state index contributed by atoms with van der Waals surface area (Å²) >= 11 is 0. The minimum Gasteiger partial charge on any atom is -0.467 e. The molecule has 1 aromatic rings. The highest BCUT2D eigenvalue weighted by atomic mass is 16.6. The van der Waals surface area contributed by atoms with Crippen LogP contribution in [-0.2, 0) is 24.0 Å². The highest BCUT2D eigenvalue weighted by molar-refractivity contribution is 5.96. The number of fused-ring (bicyclic) bond motifs is 5. The van der Waals surface area contributed by atoms with Crippen molar-refractivity contribution in [1.82, 2.24) is 5.32 Å². The number of ether oxygens (including phenoxy) is 1. The molecule has 5 rings (SSSR count). The second-order valence-electron chi connectivity index (χ2n) is 12.7. The number of esters is 1. The Balaban J connectivity index is 1.23. The van der Waals surface area contributed by atoms with Crippen molar-refractivity contribution >= 4 is 23.4 Å². The van der Waals surface area contributed by atoms with E-state index in [1.165, 1.54) is 12.7 Å². The maximum atomic E-state index is 12.6. The van der Waals surface area contributed by atoms with Gasteiger partial charge in [-0.05, 0) is 93.1 Å². The molecule has 0 unspecified atom stereocenters. The van der Waals surface area contributed by atoms with E-state index in [1.54, 1.807) is 31.2 Å². The van der Waals surface area contributed by atoms with Gasteiger partial charge < -0.3 is 20.0 Å². The van der Waals surface area contributed by atoms with E-state index in [0.29, 0.717) is 29.7 Å². The van der Waals surface area contributed by atoms with E-state index in [0.717, 1.165) is 50.7 Å². The number of aliphatic hydroxyl groups is 1. The van der Waals surface area contributed by atoms with Gasteiger partial charge in [0, 0.05) is 5.41 Å². The van der Waals surface area contributed by atoms with Gasteiger partial charge in [-0.15, -0.1) is 0 Å². The number of oxime groups is 1. The number of nitrogens with zero attached hydrogens (tertiary/aromatic N) is 1. The summed E-state index contributed by atoms with van der Waals surface area (Å²) in [6, 6.07) is 8.03. The first-order valence-electron chi connectivity index (χ1n) is 14.6. The van der Waals surface area contributed by atoms with Crippen molar-refractivity contribution in [1.29, 1.82) is 0 Å². The molecule has 0 aromatic heterocycles. The summed E-state index contributed by atoms with van der Waals surface area (Å²) in [6.45, 7) is 5.79. The van der Waals surface area contributed by atoms with Crippen LogP contribution in [0.15, 0.2) is 47.1 Å². The number of carbonyl (C=O) groups excluding carboxylic acids is 3. The predicted octanol–water partition coefficient (Wildman–Crippen LogP) is 4.67. The Morgan fingerprint density at radius 3 is 2.48 bits per heavy atom. The maximum Gasteiger partial charge on any atom is 0.333 e. The van der Waals surface area contributed by atoms with Crippen LogP contribution in [-0.4, -0.2) is 47.8 Å². The summed E-state index contributed by atoms with van der Waals surface area (Å²) in [7, 11) is 1.29. The zero-order chi connectivity index (χ0) is 28.7. The summed E-state index contributed by atoms with van der Waals surface area (Å²) in [5, 5.41) is 18.3. The van der Waals surface area contributed by atoms with Crippen molar-refractivity contribution in [3.8, 4) is 0 Å². The molecule has 3 fully saturated rings. The van der Waals surface area contributed by atoms with Crippen LogP contribution in [0.4, 0.5) is 0 Å². The Kier molecular flexibility index (Phi) is 7.68. The second-order valence-corrected chi connectivity index (χ2v) is 12.7. The first kappa shape index (κ1) is 28.5. The molecule has 3 saturated carbocycles. The third kappa shape index (κ3) is 4.68. The Hall–Kier alpha value is -3.00. The average molecular weight is 551 g/mol. The number of hydrogen-bond donors (Lipinski definition) is 2. The van der Waals surface area contributed by atoms with Gasteiger partial charge in [0.1, 0.15) is 5.60 Å². The number of hydrogen-bond acceptors (Lipinski definition) is 7. The van der Waals surface area contributed by atoms with Crippen LogP contribution in [0.3, 0.4) is 0 Å². The molecule has 1 amide bonds. The van der Waals surface area contributed by atoms with Crippen LogP contribution in [0.5, 0.6) is 0 Å². The van der Waals surface area contributed by atoms with Crippen LogP contribution < -0.4 is 5.32 Å². The lowest BCUT2D eigenvalue weighted by atomic mass is 9.46. The van der Waals surface area contributed by atoms with E-state index < -0.39 is 23.5 Å². The third-order valence-corrected chi connectivity index (χ3v) is 11.0. The molecule has 0 saturated heterocycles. The van der Waals surface area contributed by atoms with Gasteiger partial charge in [-0.1, -0.05) is 54.9 Å². The van der Waals surface area contributed by atoms with Crippen LogP contribution in [0.2, 0.25) is 0 Å². The summed E-state index contributed by atoms with van der Waals surface area (Å²) in [5.41, 5.74) is 1.41. The van der Waals surface area contributed by atoms with Crippen LogP contribution in [0, 0.1) is 28.6 Å². The fraction of sp³-hybridized carbons (Fsp3) is 0.625. The molecule has 0 heterocycles. The van der Waals surface area contributed by atoms with Gasteiger partial charge in [0.25, 0.3) is 5.91 Å². The quantitative estimate of drug-likeness (QED) is 0.377. The van der Waals surface area contributed by atoms with Gasteiger partial charge in [0.2, 0.25) is 0 Å². The lowest BCUT2D eigenvalue weighted by Crippen LogP contribution is -2.57. The van der Waals surface area contributed by atoms with Gasteiger partial charge in [0.05, 0.1) is 12.8 Å². The molecule has 0 radical (unpaired) electrons. The molecule has 0 bridgehead atoms. The van der Waals surface area contributed by atoms with E-state index >= 15 is 0 Å². The van der Waals surface area contributed by atoms with Gasteiger partial charge in [-0.25, -0.2) is 4.79 Å². The highest BCUT2D eigenvalue weighted by Gasteiger charge is 2.65. The van der Waals surface area contributed by atoms with E-state index in [4.69, 9.17) is 9.57 Å². The molecular formula is C32H42N2O6. The number of Topliss-reactive ketones (excluding diaryl/α,β-unsaturated/α-hetero) is 1. The van der Waals surface area contributed by atoms with E-state index in [9.17, 15) is 19.5 Å². The van der Waals surface area contributed by atoms with Gasteiger partial charge >= 0.3 is 5.97 Å². The number of rotatable bonds is 7. The average Bonchev–Trinajstić information content (AvgIpc) is 3.23. The summed E-state index contributed by atoms with van der Waals surface area (Å²) in [5.74, 6) is 0.336. The Morgan fingerprint density at radius 1 is 1.05 bits per heavy atom. The molecule has 4 aliphatic carbocycles. The van der Waals surface area contributed by atoms with Crippen LogP contribution in [0.25, 0.3) is 0 Å². The molecule has 4 aliphatic rings. The highest BCUT2D eigenvalue weighted by Crippen LogP contribution is 2.67. The Bertz CT molecular complexity index is 1230. The third-order valence-electron chi connectivity index (χ3n) is 11.0. The number of nitrogens with one attached hydrogen (secondary N) is 1. The largest absolute Gasteiger partial charge is 0.467 e. The molecule has 1 aromatic carbocycles. The van der Waals surface area contributed by atoms with Crippen molar-refractivity contribution in [2.45, 2.75) is 83.8 Å². The predicted molar refractivity (Wildman–Crippen MR) is 150 cm³/mol. The lowest BCUT2D eigenvalue weighted by Gasteiger charge is -2.59. The van der Waals surface area contributed by atoms with E-state index in [2.05, 4.69) is 30.4 Å². The molecule has 2 N–H and O–H groups in total. The zero-order valence-electron chi connectivity index (χ0n) is 24.1. The topological polar surface area (TPSA) is 114 Å². The first-order chi connectivity index (χ1) is 19.0. The molecule has 7 atom stereocenters. The van der Waals surface area contributed by atoms with Crippen molar-refractivity contribution in [2.75, 3.05) is 13.7 Å². The molecule has 8 heteroatoms. The van der Waals surface area contributed by atoms with Gasteiger partial charge in [-0.2, -0.15) is 0 Å². The second kappa shape index (κ2) is 10.8. The van der Waals surface area contributed by atoms with Crippen molar-refractivity contribution in [3.63, 3.8) is 0 Å². The number of ketones is 1. The van der Waals surface area contributed by atoms with Crippen LogP contribution in [0.1, 0.15) is 83.7 Å². The van der Waals surface area contributed by atoms with Crippen LogP contribution >= 0.6 is 0 Å². The molecule has 0 aliphatic heterocycles. The first-order valence-corrected chi connectivity index (χ1v) is 14.6. The Morgan fingerprint density at radius 2 is 1.77 bits per heavy atom. The maximum absolute atomic E-state index is 12.6. The van der Waals surface area contributed by atoms with E-state index in [1.807, 2.05) is 6.07 Å². The summed E-state index contributed by atoms with van der Waals surface area (Å²) < 4.78 is 4.86. The monoisotopic (exact) mass is 550 g/mol. The summed E-state index contributed by atoms with van der Waals surface area (Å²) in [6.07, 6.45) is 9.33. The number of amides is 1. The number of benzene rings is 1. The fourth-order valence-electron chi connectivity index (χ4n) is 8.66. The van der Waals surface area contributed by atoms with Crippen molar-refractivity contribution in [2.24, 2.45) is 33.7 Å². The summed E-state index contributed by atoms with van der Waals surface area (Å²) in [4.78, 5) is 42.7. The standard InChI is InChI=1S/C32H42N2O6/c1-20(35)32(38)17-14-26-24-11-10-22-18-23(12-15-30(22,2)25(24)13-16-31(26,32)3)34-40-19-27(36)33-28(29(37)39-4)21-8-6-5-7-9-21/h5-9,18,24-26,28,38H,10-17,19H2,1-4H3,(H,33,36)/b34-23+/t24-,25+,26+,28-,30-,31-,32+/m1/s1. The molecule has 0 spiro atoms. The van der Waals surface area contributed by atoms with Gasteiger partial charge in [0.15, 0.2) is 18.4 Å². The molecule has 40 heavy (non-hydrogen) atoms. The number of methoxy groups -OCH3 is 1. The lowest BCUT2D eigenvalue weighted by molar-refractivity contribution is -0.159.